The van der Waals surface area contributed by atoms with Gasteiger partial charge in [0.15, 0.2) is 11.6 Å². The molecule has 0 saturated carbocycles. The Hall–Kier alpha value is -1.75. The van der Waals surface area contributed by atoms with Gasteiger partial charge in [0.1, 0.15) is 0 Å². The molecule has 0 fully saturated rings. The monoisotopic (exact) mass is 266 g/mol. The molecule has 0 aromatic heterocycles. The first-order chi connectivity index (χ1) is 9.15. The van der Waals surface area contributed by atoms with Gasteiger partial charge in [-0.3, -0.25) is 4.79 Å². The van der Waals surface area contributed by atoms with Crippen LogP contribution in [0.2, 0.25) is 0 Å². The van der Waals surface area contributed by atoms with Gasteiger partial charge < -0.3 is 10.6 Å². The van der Waals surface area contributed by atoms with Gasteiger partial charge in [0.05, 0.1) is 6.42 Å². The Morgan fingerprint density at radius 3 is 2.84 bits per heavy atom. The summed E-state index contributed by atoms with van der Waals surface area (Å²) < 4.78 is 25.7. The van der Waals surface area contributed by atoms with E-state index in [2.05, 4.69) is 16.7 Å². The van der Waals surface area contributed by atoms with Gasteiger partial charge in [0, 0.05) is 13.1 Å². The lowest BCUT2D eigenvalue weighted by molar-refractivity contribution is -0.120. The molecule has 1 aliphatic heterocycles. The minimum atomic E-state index is -0.925. The number of nitrogens with one attached hydrogen (secondary N) is 2. The van der Waals surface area contributed by atoms with Crippen molar-refractivity contribution in [3.05, 3.63) is 47.0 Å². The van der Waals surface area contributed by atoms with E-state index in [4.69, 9.17) is 0 Å². The summed E-state index contributed by atoms with van der Waals surface area (Å²) in [4.78, 5) is 11.7. The second kappa shape index (κ2) is 6.43. The third kappa shape index (κ3) is 4.13. The number of hydrogen-bond donors (Lipinski definition) is 2. The van der Waals surface area contributed by atoms with Crippen LogP contribution in [0.1, 0.15) is 12.0 Å². The highest BCUT2D eigenvalue weighted by Crippen LogP contribution is 2.09. The molecule has 1 aromatic carbocycles. The Kier molecular flexibility index (Phi) is 4.63. The molecule has 0 bridgehead atoms. The van der Waals surface area contributed by atoms with E-state index in [9.17, 15) is 13.6 Å². The molecule has 2 N–H and O–H groups in total. The van der Waals surface area contributed by atoms with Gasteiger partial charge >= 0.3 is 0 Å². The molecule has 1 amide bonds. The van der Waals surface area contributed by atoms with Crippen molar-refractivity contribution in [2.75, 3.05) is 19.6 Å². The number of halogens is 2. The van der Waals surface area contributed by atoms with Gasteiger partial charge in [0.25, 0.3) is 0 Å². The Labute approximate surface area is 110 Å². The van der Waals surface area contributed by atoms with Crippen molar-refractivity contribution in [3.63, 3.8) is 0 Å². The maximum atomic E-state index is 13.0. The Balaban J connectivity index is 1.83. The quantitative estimate of drug-likeness (QED) is 0.812. The number of amides is 1. The van der Waals surface area contributed by atoms with Crippen molar-refractivity contribution in [1.29, 1.82) is 0 Å². The van der Waals surface area contributed by atoms with E-state index in [0.717, 1.165) is 31.6 Å². The first kappa shape index (κ1) is 13.7. The fourth-order valence-electron chi connectivity index (χ4n) is 1.94. The fraction of sp³-hybridized carbons (Fsp3) is 0.357. The zero-order chi connectivity index (χ0) is 13.7. The van der Waals surface area contributed by atoms with Crippen molar-refractivity contribution in [3.8, 4) is 0 Å². The molecule has 5 heteroatoms. The van der Waals surface area contributed by atoms with Gasteiger partial charge in [-0.2, -0.15) is 0 Å². The van der Waals surface area contributed by atoms with E-state index >= 15 is 0 Å². The first-order valence-corrected chi connectivity index (χ1v) is 6.24. The molecule has 0 saturated heterocycles. The number of rotatable bonds is 4. The van der Waals surface area contributed by atoms with Crippen LogP contribution in [0.4, 0.5) is 8.78 Å². The molecule has 3 nitrogen and oxygen atoms in total. The summed E-state index contributed by atoms with van der Waals surface area (Å²) in [6.07, 6.45) is 3.04. The summed E-state index contributed by atoms with van der Waals surface area (Å²) in [5.41, 5.74) is 1.66. The summed E-state index contributed by atoms with van der Waals surface area (Å²) in [7, 11) is 0. The third-order valence-electron chi connectivity index (χ3n) is 3.02. The Morgan fingerprint density at radius 2 is 2.16 bits per heavy atom. The summed E-state index contributed by atoms with van der Waals surface area (Å²) in [5.74, 6) is -2.01. The lowest BCUT2D eigenvalue weighted by Gasteiger charge is -2.14. The van der Waals surface area contributed by atoms with E-state index in [1.165, 1.54) is 11.6 Å². The molecule has 0 radical (unpaired) electrons. The molecule has 19 heavy (non-hydrogen) atoms. The number of carbonyl (C=O) groups excluding carboxylic acids is 1. The first-order valence-electron chi connectivity index (χ1n) is 6.24. The maximum Gasteiger partial charge on any atom is 0.224 e. The van der Waals surface area contributed by atoms with E-state index in [-0.39, 0.29) is 12.3 Å². The van der Waals surface area contributed by atoms with Crippen LogP contribution >= 0.6 is 0 Å². The predicted molar refractivity (Wildman–Crippen MR) is 68.6 cm³/mol. The Morgan fingerprint density at radius 1 is 1.32 bits per heavy atom. The summed E-state index contributed by atoms with van der Waals surface area (Å²) in [5, 5.41) is 5.97. The highest BCUT2D eigenvalue weighted by Gasteiger charge is 2.08. The van der Waals surface area contributed by atoms with Gasteiger partial charge in [0.2, 0.25) is 5.91 Å². The van der Waals surface area contributed by atoms with Crippen LogP contribution in [-0.4, -0.2) is 25.5 Å². The minimum Gasteiger partial charge on any atom is -0.352 e. The normalized spacial score (nSPS) is 14.9. The van der Waals surface area contributed by atoms with Crippen molar-refractivity contribution in [2.45, 2.75) is 12.8 Å². The smallest absolute Gasteiger partial charge is 0.224 e. The second-order valence-electron chi connectivity index (χ2n) is 4.52. The lowest BCUT2D eigenvalue weighted by Crippen LogP contribution is -2.30. The Bertz CT molecular complexity index is 500. The molecule has 0 aliphatic carbocycles. The molecule has 1 aliphatic rings. The van der Waals surface area contributed by atoms with Crippen molar-refractivity contribution < 1.29 is 13.6 Å². The van der Waals surface area contributed by atoms with Crippen molar-refractivity contribution in [1.82, 2.24) is 10.6 Å². The molecule has 1 aromatic rings. The molecule has 1 heterocycles. The zero-order valence-electron chi connectivity index (χ0n) is 10.5. The number of carbonyl (C=O) groups is 1. The molecule has 0 unspecified atom stereocenters. The molecule has 2 rings (SSSR count). The van der Waals surface area contributed by atoms with E-state index < -0.39 is 11.6 Å². The molecular formula is C14H16F2N2O. The molecule has 0 spiro atoms. The van der Waals surface area contributed by atoms with Gasteiger partial charge in [-0.25, -0.2) is 8.78 Å². The highest BCUT2D eigenvalue weighted by molar-refractivity contribution is 5.78. The lowest BCUT2D eigenvalue weighted by atomic mass is 10.1. The number of hydrogen-bond acceptors (Lipinski definition) is 2. The van der Waals surface area contributed by atoms with Crippen LogP contribution in [0, 0.1) is 11.6 Å². The van der Waals surface area contributed by atoms with E-state index in [1.54, 1.807) is 0 Å². The van der Waals surface area contributed by atoms with Crippen LogP contribution in [0.25, 0.3) is 0 Å². The zero-order valence-corrected chi connectivity index (χ0v) is 10.5. The maximum absolute atomic E-state index is 13.0. The minimum absolute atomic E-state index is 0.0583. The topological polar surface area (TPSA) is 41.1 Å². The average Bonchev–Trinajstić information content (AvgIpc) is 2.42. The van der Waals surface area contributed by atoms with Crippen LogP contribution in [0.5, 0.6) is 0 Å². The molecule has 102 valence electrons. The van der Waals surface area contributed by atoms with Crippen molar-refractivity contribution >= 4 is 5.91 Å². The van der Waals surface area contributed by atoms with Gasteiger partial charge in [-0.1, -0.05) is 17.7 Å². The highest BCUT2D eigenvalue weighted by atomic mass is 19.2. The second-order valence-corrected chi connectivity index (χ2v) is 4.52. The van der Waals surface area contributed by atoms with Crippen LogP contribution in [-0.2, 0) is 11.2 Å². The number of benzene rings is 1. The predicted octanol–water partition coefficient (Wildman–Crippen LogP) is 1.54. The van der Waals surface area contributed by atoms with Crippen molar-refractivity contribution in [2.24, 2.45) is 0 Å². The van der Waals surface area contributed by atoms with Crippen LogP contribution < -0.4 is 10.6 Å². The summed E-state index contributed by atoms with van der Waals surface area (Å²) in [6, 6.07) is 3.51. The molecular weight excluding hydrogens is 250 g/mol. The third-order valence-corrected chi connectivity index (χ3v) is 3.02. The average molecular weight is 266 g/mol. The SMILES string of the molecule is O=C(Cc1ccc(F)c(F)c1)NCC1=CCNCC1. The summed E-state index contributed by atoms with van der Waals surface area (Å²) in [6.45, 7) is 2.27. The van der Waals surface area contributed by atoms with Crippen LogP contribution in [0.3, 0.4) is 0 Å². The molecule has 0 atom stereocenters. The van der Waals surface area contributed by atoms with E-state index in [1.807, 2.05) is 0 Å². The van der Waals surface area contributed by atoms with Gasteiger partial charge in [-0.15, -0.1) is 0 Å². The standard InChI is InChI=1S/C14H16F2N2O/c15-12-2-1-11(7-13(12)16)8-14(19)18-9-10-3-5-17-6-4-10/h1-3,7,17H,4-6,8-9H2,(H,18,19). The van der Waals surface area contributed by atoms with Gasteiger partial charge in [-0.05, 0) is 30.7 Å². The summed E-state index contributed by atoms with van der Waals surface area (Å²) >= 11 is 0. The van der Waals surface area contributed by atoms with E-state index in [0.29, 0.717) is 12.1 Å². The van der Waals surface area contributed by atoms with Crippen LogP contribution in [0.15, 0.2) is 29.8 Å². The fourth-order valence-corrected chi connectivity index (χ4v) is 1.94. The largest absolute Gasteiger partial charge is 0.352 e.